The van der Waals surface area contributed by atoms with E-state index in [1.807, 2.05) is 0 Å². The Labute approximate surface area is 454 Å². The van der Waals surface area contributed by atoms with Crippen LogP contribution in [0.5, 0.6) is 0 Å². The Morgan fingerprint density at radius 3 is 0.849 bits per heavy atom. The molecule has 1 atom stereocenters. The highest BCUT2D eigenvalue weighted by Gasteiger charge is 2.19. The van der Waals surface area contributed by atoms with Crippen LogP contribution in [0.4, 0.5) is 0 Å². The lowest BCUT2D eigenvalue weighted by Gasteiger charge is -2.18. The van der Waals surface area contributed by atoms with Gasteiger partial charge in [0.05, 0.1) is 0 Å². The second kappa shape index (κ2) is 61.9. The topological polar surface area (TPSA) is 78.9 Å². The van der Waals surface area contributed by atoms with Crippen LogP contribution in [0.3, 0.4) is 0 Å². The first kappa shape index (κ1) is 70.4. The average Bonchev–Trinajstić information content (AvgIpc) is 3.39. The molecule has 0 heterocycles. The van der Waals surface area contributed by atoms with Crippen LogP contribution < -0.4 is 0 Å². The lowest BCUT2D eigenvalue weighted by atomic mass is 10.0. The number of hydrogen-bond donors (Lipinski definition) is 0. The first-order valence-corrected chi connectivity index (χ1v) is 32.1. The molecule has 0 radical (unpaired) electrons. The summed E-state index contributed by atoms with van der Waals surface area (Å²) >= 11 is 0. The highest BCUT2D eigenvalue weighted by atomic mass is 16.6. The lowest BCUT2D eigenvalue weighted by molar-refractivity contribution is -0.167. The van der Waals surface area contributed by atoms with Gasteiger partial charge in [0.15, 0.2) is 6.10 Å². The molecule has 0 aliphatic heterocycles. The number of ether oxygens (including phenoxy) is 3. The van der Waals surface area contributed by atoms with E-state index >= 15 is 0 Å². The van der Waals surface area contributed by atoms with Gasteiger partial charge in [-0.2, -0.15) is 0 Å². The van der Waals surface area contributed by atoms with Crippen molar-refractivity contribution in [3.63, 3.8) is 0 Å². The van der Waals surface area contributed by atoms with E-state index in [0.717, 1.165) is 96.3 Å². The van der Waals surface area contributed by atoms with E-state index in [1.165, 1.54) is 205 Å². The third-order valence-corrected chi connectivity index (χ3v) is 14.3. The Balaban J connectivity index is 4.13. The molecule has 0 saturated heterocycles. The van der Waals surface area contributed by atoms with Crippen LogP contribution in [0.2, 0.25) is 0 Å². The van der Waals surface area contributed by atoms with E-state index in [4.69, 9.17) is 14.2 Å². The Morgan fingerprint density at radius 1 is 0.288 bits per heavy atom. The molecule has 0 aromatic rings. The fraction of sp³-hybridized carbons (Fsp3) is 0.836. The largest absolute Gasteiger partial charge is 0.462 e. The molecule has 0 aromatic heterocycles. The van der Waals surface area contributed by atoms with Crippen molar-refractivity contribution in [1.82, 2.24) is 0 Å². The van der Waals surface area contributed by atoms with E-state index in [2.05, 4.69) is 69.4 Å². The maximum Gasteiger partial charge on any atom is 0.306 e. The zero-order chi connectivity index (χ0) is 52.9. The minimum absolute atomic E-state index is 0.0761. The van der Waals surface area contributed by atoms with E-state index < -0.39 is 6.10 Å². The van der Waals surface area contributed by atoms with Gasteiger partial charge in [-0.05, 0) is 77.0 Å². The summed E-state index contributed by atoms with van der Waals surface area (Å²) < 4.78 is 16.9. The van der Waals surface area contributed by atoms with Gasteiger partial charge in [0, 0.05) is 19.3 Å². The number of esters is 3. The van der Waals surface area contributed by atoms with Crippen molar-refractivity contribution in [2.45, 2.75) is 348 Å². The van der Waals surface area contributed by atoms with Gasteiger partial charge in [-0.3, -0.25) is 14.4 Å². The van der Waals surface area contributed by atoms with E-state index in [9.17, 15) is 14.4 Å². The molecule has 0 N–H and O–H groups in total. The quantitative estimate of drug-likeness (QED) is 0.0261. The van der Waals surface area contributed by atoms with Crippen molar-refractivity contribution in [2.24, 2.45) is 0 Å². The first-order chi connectivity index (χ1) is 36.0. The van der Waals surface area contributed by atoms with Gasteiger partial charge in [0.25, 0.3) is 0 Å². The number of rotatable bonds is 59. The summed E-state index contributed by atoms with van der Waals surface area (Å²) in [5.41, 5.74) is 0. The molecule has 426 valence electrons. The molecule has 73 heavy (non-hydrogen) atoms. The van der Waals surface area contributed by atoms with Gasteiger partial charge in [-0.25, -0.2) is 0 Å². The van der Waals surface area contributed by atoms with E-state index in [-0.39, 0.29) is 31.1 Å². The van der Waals surface area contributed by atoms with Gasteiger partial charge in [-0.15, -0.1) is 0 Å². The van der Waals surface area contributed by atoms with Crippen LogP contribution in [-0.4, -0.2) is 37.2 Å². The maximum atomic E-state index is 12.8. The van der Waals surface area contributed by atoms with Crippen molar-refractivity contribution in [3.8, 4) is 0 Å². The molecule has 6 heteroatoms. The molecular weight excluding hydrogens is 901 g/mol. The fourth-order valence-corrected chi connectivity index (χ4v) is 9.51. The van der Waals surface area contributed by atoms with Gasteiger partial charge in [0.2, 0.25) is 0 Å². The van der Waals surface area contributed by atoms with Crippen molar-refractivity contribution < 1.29 is 28.6 Å². The van der Waals surface area contributed by atoms with E-state index in [1.54, 1.807) is 0 Å². The lowest BCUT2D eigenvalue weighted by Crippen LogP contribution is -2.30. The van der Waals surface area contributed by atoms with Crippen molar-refractivity contribution in [1.29, 1.82) is 0 Å². The van der Waals surface area contributed by atoms with Crippen molar-refractivity contribution in [2.75, 3.05) is 13.2 Å². The van der Waals surface area contributed by atoms with Crippen molar-refractivity contribution >= 4 is 17.9 Å². The number of unbranched alkanes of at least 4 members (excludes halogenated alkanes) is 40. The maximum absolute atomic E-state index is 12.8. The summed E-state index contributed by atoms with van der Waals surface area (Å²) in [7, 11) is 0. The standard InChI is InChI=1S/C67H122O6/c1-4-7-10-13-16-19-22-24-26-27-28-29-30-31-32-33-34-35-36-37-38-39-41-42-45-48-51-54-57-60-66(69)72-63-64(62-71-65(68)59-56-53-50-47-44-21-18-15-12-9-6-3)73-67(70)61-58-55-52-49-46-43-40-25-23-20-17-14-11-8-5-2/h8,11,17,20,25,27-28,40,64H,4-7,9-10,12-16,18-19,21-24,26,29-39,41-63H2,1-3H3/b11-8-,20-17-,28-27-,40-25-. The summed E-state index contributed by atoms with van der Waals surface area (Å²) in [6.45, 7) is 6.55. The van der Waals surface area contributed by atoms with Gasteiger partial charge < -0.3 is 14.2 Å². The number of allylic oxidation sites excluding steroid dienone is 8. The minimum atomic E-state index is -0.779. The van der Waals surface area contributed by atoms with Gasteiger partial charge >= 0.3 is 17.9 Å². The summed E-state index contributed by atoms with van der Waals surface area (Å²) in [6, 6.07) is 0. The molecule has 0 fully saturated rings. The predicted octanol–water partition coefficient (Wildman–Crippen LogP) is 21.8. The third kappa shape index (κ3) is 60.1. The molecule has 0 amide bonds. The summed E-state index contributed by atoms with van der Waals surface area (Å²) in [6.07, 6.45) is 77.1. The molecule has 0 spiro atoms. The van der Waals surface area contributed by atoms with E-state index in [0.29, 0.717) is 19.3 Å². The number of carbonyl (C=O) groups excluding carboxylic acids is 3. The smallest absolute Gasteiger partial charge is 0.306 e. The molecule has 0 rings (SSSR count). The molecule has 0 bridgehead atoms. The highest BCUT2D eigenvalue weighted by molar-refractivity contribution is 5.71. The number of carbonyl (C=O) groups is 3. The van der Waals surface area contributed by atoms with Crippen LogP contribution in [0, 0.1) is 0 Å². The Bertz CT molecular complexity index is 1270. The monoisotopic (exact) mass is 1020 g/mol. The molecule has 0 saturated carbocycles. The second-order valence-electron chi connectivity index (χ2n) is 21.6. The SMILES string of the molecule is CC/C=C\C/C=C\C/C=C\CCCCCCCC(=O)OC(COC(=O)CCCCCCCCCCCCC)COC(=O)CCCCCCCCCCCCCCCCCCC/C=C\CCCCCCCCCC. The van der Waals surface area contributed by atoms with Crippen molar-refractivity contribution in [3.05, 3.63) is 48.6 Å². The molecule has 0 aliphatic carbocycles. The molecule has 0 aromatic carbocycles. The Morgan fingerprint density at radius 2 is 0.534 bits per heavy atom. The normalized spacial score (nSPS) is 12.3. The van der Waals surface area contributed by atoms with Crippen LogP contribution in [-0.2, 0) is 28.6 Å². The van der Waals surface area contributed by atoms with Crippen LogP contribution in [0.15, 0.2) is 48.6 Å². The van der Waals surface area contributed by atoms with Crippen LogP contribution in [0.25, 0.3) is 0 Å². The molecular formula is C67H122O6. The zero-order valence-electron chi connectivity index (χ0n) is 48.9. The summed E-state index contributed by atoms with van der Waals surface area (Å²) in [5.74, 6) is -0.876. The third-order valence-electron chi connectivity index (χ3n) is 14.3. The zero-order valence-corrected chi connectivity index (χ0v) is 48.9. The second-order valence-corrected chi connectivity index (χ2v) is 21.6. The minimum Gasteiger partial charge on any atom is -0.462 e. The Kier molecular flexibility index (Phi) is 59.7. The molecule has 6 nitrogen and oxygen atoms in total. The number of hydrogen-bond acceptors (Lipinski definition) is 6. The van der Waals surface area contributed by atoms with Gasteiger partial charge in [0.1, 0.15) is 13.2 Å². The van der Waals surface area contributed by atoms with Crippen LogP contribution in [0.1, 0.15) is 342 Å². The molecule has 0 aliphatic rings. The van der Waals surface area contributed by atoms with Gasteiger partial charge in [-0.1, -0.05) is 294 Å². The first-order valence-electron chi connectivity index (χ1n) is 32.1. The molecule has 1 unspecified atom stereocenters. The highest BCUT2D eigenvalue weighted by Crippen LogP contribution is 2.17. The average molecular weight is 1020 g/mol. The predicted molar refractivity (Wildman–Crippen MR) is 316 cm³/mol. The summed E-state index contributed by atoms with van der Waals surface area (Å²) in [5, 5.41) is 0. The summed E-state index contributed by atoms with van der Waals surface area (Å²) in [4.78, 5) is 38.2. The van der Waals surface area contributed by atoms with Crippen LogP contribution >= 0.6 is 0 Å². The fourth-order valence-electron chi connectivity index (χ4n) is 9.51. The Hall–Kier alpha value is -2.63.